The molecule has 4 rings (SSSR count). The Balaban J connectivity index is 2.00. The van der Waals surface area contributed by atoms with Crippen LogP contribution < -0.4 is 9.80 Å². The van der Waals surface area contributed by atoms with Crippen LogP contribution in [0.5, 0.6) is 0 Å². The van der Waals surface area contributed by atoms with Gasteiger partial charge in [-0.2, -0.15) is 0 Å². The monoisotopic (exact) mass is 512 g/mol. The summed E-state index contributed by atoms with van der Waals surface area (Å²) in [6, 6.07) is 22.9. The summed E-state index contributed by atoms with van der Waals surface area (Å²) in [5, 5.41) is 21.7. The summed E-state index contributed by atoms with van der Waals surface area (Å²) in [7, 11) is 3.23. The third kappa shape index (κ3) is 5.34. The molecule has 4 aromatic carbocycles. The number of carboxylic acid groups (broad SMARTS) is 2. The fraction of sp³-hybridized carbons (Fsp3) is 0.200. The van der Waals surface area contributed by atoms with Crippen molar-refractivity contribution in [1.29, 1.82) is 0 Å². The number of rotatable bonds is 9. The number of carbonyl (C=O) groups is 4. The zero-order chi connectivity index (χ0) is 27.4. The molecule has 0 heterocycles. The lowest BCUT2D eigenvalue weighted by Gasteiger charge is -2.27. The molecule has 0 aliphatic heterocycles. The molecule has 8 heteroatoms. The van der Waals surface area contributed by atoms with E-state index in [2.05, 4.69) is 0 Å². The van der Waals surface area contributed by atoms with Crippen LogP contribution in [0.1, 0.15) is 25.7 Å². The maximum Gasteiger partial charge on any atom is 0.303 e. The molecule has 0 radical (unpaired) electrons. The van der Waals surface area contributed by atoms with Crippen molar-refractivity contribution in [2.45, 2.75) is 25.7 Å². The quantitative estimate of drug-likeness (QED) is 0.314. The third-order valence-electron chi connectivity index (χ3n) is 6.64. The first-order valence-electron chi connectivity index (χ1n) is 12.2. The van der Waals surface area contributed by atoms with Crippen LogP contribution in [0.3, 0.4) is 0 Å². The summed E-state index contributed by atoms with van der Waals surface area (Å²) in [5.41, 5.74) is 2.59. The summed E-state index contributed by atoms with van der Waals surface area (Å²) in [6.45, 7) is 0. The van der Waals surface area contributed by atoms with Crippen LogP contribution in [0.2, 0.25) is 0 Å². The number of hydrogen-bond acceptors (Lipinski definition) is 4. The zero-order valence-corrected chi connectivity index (χ0v) is 21.2. The van der Waals surface area contributed by atoms with Crippen molar-refractivity contribution in [1.82, 2.24) is 0 Å². The van der Waals surface area contributed by atoms with Crippen molar-refractivity contribution in [3.05, 3.63) is 72.8 Å². The third-order valence-corrected chi connectivity index (χ3v) is 6.64. The van der Waals surface area contributed by atoms with E-state index >= 15 is 0 Å². The lowest BCUT2D eigenvalue weighted by Crippen LogP contribution is -2.28. The van der Waals surface area contributed by atoms with E-state index in [1.54, 1.807) is 14.1 Å². The van der Waals surface area contributed by atoms with Gasteiger partial charge in [0.15, 0.2) is 0 Å². The fourth-order valence-electron chi connectivity index (χ4n) is 4.64. The average molecular weight is 513 g/mol. The van der Waals surface area contributed by atoms with Crippen LogP contribution >= 0.6 is 0 Å². The van der Waals surface area contributed by atoms with Crippen LogP contribution in [-0.2, 0) is 19.2 Å². The van der Waals surface area contributed by atoms with Crippen molar-refractivity contribution in [3.63, 3.8) is 0 Å². The molecular weight excluding hydrogens is 484 g/mol. The van der Waals surface area contributed by atoms with Crippen molar-refractivity contribution >= 4 is 56.7 Å². The normalized spacial score (nSPS) is 10.9. The molecule has 0 unspecified atom stereocenters. The van der Waals surface area contributed by atoms with Gasteiger partial charge in [-0.05, 0) is 33.7 Å². The Morgan fingerprint density at radius 3 is 1.29 bits per heavy atom. The number of nitrogens with zero attached hydrogens (tertiary/aromatic N) is 2. The second-order valence-corrected chi connectivity index (χ2v) is 9.05. The minimum atomic E-state index is -1.05. The molecule has 0 aliphatic rings. The van der Waals surface area contributed by atoms with E-state index in [1.807, 2.05) is 72.8 Å². The van der Waals surface area contributed by atoms with Crippen molar-refractivity contribution in [2.75, 3.05) is 23.9 Å². The minimum absolute atomic E-state index is 0.159. The Labute approximate surface area is 219 Å². The van der Waals surface area contributed by atoms with Crippen LogP contribution in [0.25, 0.3) is 32.7 Å². The standard InChI is InChI=1S/C30H28N2O6/c1-31(25(33)15-17-27(35)36)23-13-11-19-7-3-5-9-21(19)29(23)30-22-10-6-4-8-20(22)12-14-24(30)32(2)26(34)16-18-28(37)38/h3-14H,15-18H2,1-2H3,(H,35,36)(H,37,38). The Hall–Kier alpha value is -4.72. The average Bonchev–Trinajstić information content (AvgIpc) is 2.92. The number of fused-ring (bicyclic) bond motifs is 2. The summed E-state index contributed by atoms with van der Waals surface area (Å²) in [6.07, 6.45) is -0.888. The van der Waals surface area contributed by atoms with Gasteiger partial charge in [0, 0.05) is 38.1 Å². The molecule has 0 fully saturated rings. The van der Waals surface area contributed by atoms with E-state index in [9.17, 15) is 19.2 Å². The number of carbonyl (C=O) groups excluding carboxylic acids is 2. The van der Waals surface area contributed by atoms with E-state index < -0.39 is 11.9 Å². The number of anilines is 2. The highest BCUT2D eigenvalue weighted by Crippen LogP contribution is 2.45. The molecule has 2 N–H and O–H groups in total. The Kier molecular flexibility index (Phi) is 7.71. The van der Waals surface area contributed by atoms with E-state index in [-0.39, 0.29) is 37.5 Å². The highest BCUT2D eigenvalue weighted by atomic mass is 16.4. The van der Waals surface area contributed by atoms with Gasteiger partial charge in [-0.1, -0.05) is 60.7 Å². The molecule has 4 aromatic rings. The first kappa shape index (κ1) is 26.3. The van der Waals surface area contributed by atoms with Crippen LogP contribution in [0.4, 0.5) is 11.4 Å². The van der Waals surface area contributed by atoms with E-state index in [0.29, 0.717) is 11.4 Å². The summed E-state index contributed by atoms with van der Waals surface area (Å²) < 4.78 is 0. The maximum absolute atomic E-state index is 13.0. The fourth-order valence-corrected chi connectivity index (χ4v) is 4.64. The molecule has 0 aromatic heterocycles. The summed E-state index contributed by atoms with van der Waals surface area (Å²) in [5.74, 6) is -2.81. The second-order valence-electron chi connectivity index (χ2n) is 9.05. The Morgan fingerprint density at radius 2 is 0.921 bits per heavy atom. The molecular formula is C30H28N2O6. The van der Waals surface area contributed by atoms with Gasteiger partial charge in [0.05, 0.1) is 24.2 Å². The highest BCUT2D eigenvalue weighted by Gasteiger charge is 2.25. The highest BCUT2D eigenvalue weighted by molar-refractivity contribution is 6.17. The van der Waals surface area contributed by atoms with Gasteiger partial charge >= 0.3 is 11.9 Å². The topological polar surface area (TPSA) is 115 Å². The summed E-state index contributed by atoms with van der Waals surface area (Å²) in [4.78, 5) is 51.2. The lowest BCUT2D eigenvalue weighted by molar-refractivity contribution is -0.139. The minimum Gasteiger partial charge on any atom is -0.481 e. The smallest absolute Gasteiger partial charge is 0.303 e. The number of amides is 2. The lowest BCUT2D eigenvalue weighted by atomic mass is 9.90. The van der Waals surface area contributed by atoms with E-state index in [1.165, 1.54) is 9.80 Å². The van der Waals surface area contributed by atoms with Gasteiger partial charge < -0.3 is 20.0 Å². The van der Waals surface area contributed by atoms with Gasteiger partial charge in [-0.25, -0.2) is 0 Å². The van der Waals surface area contributed by atoms with Crippen molar-refractivity contribution < 1.29 is 29.4 Å². The van der Waals surface area contributed by atoms with Gasteiger partial charge in [0.2, 0.25) is 11.8 Å². The molecule has 0 saturated heterocycles. The van der Waals surface area contributed by atoms with Crippen LogP contribution in [0.15, 0.2) is 72.8 Å². The molecule has 2 amide bonds. The molecule has 8 nitrogen and oxygen atoms in total. The Morgan fingerprint density at radius 1 is 0.553 bits per heavy atom. The van der Waals surface area contributed by atoms with Crippen molar-refractivity contribution in [3.8, 4) is 11.1 Å². The van der Waals surface area contributed by atoms with Gasteiger partial charge in [-0.3, -0.25) is 19.2 Å². The van der Waals surface area contributed by atoms with Crippen LogP contribution in [0, 0.1) is 0 Å². The number of carboxylic acids is 2. The first-order valence-corrected chi connectivity index (χ1v) is 12.2. The molecule has 38 heavy (non-hydrogen) atoms. The first-order chi connectivity index (χ1) is 18.2. The van der Waals surface area contributed by atoms with E-state index in [0.717, 1.165) is 32.7 Å². The zero-order valence-electron chi connectivity index (χ0n) is 21.2. The van der Waals surface area contributed by atoms with Gasteiger partial charge in [0.25, 0.3) is 0 Å². The van der Waals surface area contributed by atoms with Gasteiger partial charge in [-0.15, -0.1) is 0 Å². The van der Waals surface area contributed by atoms with E-state index in [4.69, 9.17) is 10.2 Å². The molecule has 194 valence electrons. The predicted octanol–water partition coefficient (Wildman–Crippen LogP) is 5.32. The predicted molar refractivity (Wildman–Crippen MR) is 147 cm³/mol. The number of aliphatic carboxylic acids is 2. The largest absolute Gasteiger partial charge is 0.481 e. The molecule has 0 spiro atoms. The number of hydrogen-bond donors (Lipinski definition) is 2. The number of benzene rings is 4. The molecule has 0 bridgehead atoms. The maximum atomic E-state index is 13.0. The summed E-state index contributed by atoms with van der Waals surface area (Å²) >= 11 is 0. The van der Waals surface area contributed by atoms with Crippen LogP contribution in [-0.4, -0.2) is 48.1 Å². The SMILES string of the molecule is CN(C(=O)CCC(=O)O)c1ccc2ccccc2c1-c1c(N(C)C(=O)CCC(=O)O)ccc2ccccc12. The Bertz CT molecular complexity index is 1440. The molecule has 0 saturated carbocycles. The second kappa shape index (κ2) is 11.1. The van der Waals surface area contributed by atoms with Crippen molar-refractivity contribution in [2.24, 2.45) is 0 Å². The molecule has 0 atom stereocenters. The molecule has 0 aliphatic carbocycles. The van der Waals surface area contributed by atoms with Gasteiger partial charge in [0.1, 0.15) is 0 Å².